The van der Waals surface area contributed by atoms with E-state index in [0.717, 1.165) is 36.5 Å². The normalized spacial score (nSPS) is 17.4. The number of morpholine rings is 1. The van der Waals surface area contributed by atoms with Crippen LogP contribution in [0, 0.1) is 0 Å². The lowest BCUT2D eigenvalue weighted by Crippen LogP contribution is -2.40. The highest BCUT2D eigenvalue weighted by atomic mass is 32.1. The van der Waals surface area contributed by atoms with Gasteiger partial charge < -0.3 is 24.3 Å². The zero-order valence-electron chi connectivity index (χ0n) is 19.3. The average Bonchev–Trinajstić information content (AvgIpc) is 3.16. The van der Waals surface area contributed by atoms with E-state index in [2.05, 4.69) is 10.2 Å². The van der Waals surface area contributed by atoms with E-state index in [0.29, 0.717) is 30.5 Å². The van der Waals surface area contributed by atoms with Gasteiger partial charge in [0.2, 0.25) is 11.7 Å². The van der Waals surface area contributed by atoms with Crippen molar-refractivity contribution in [1.82, 2.24) is 4.90 Å². The predicted molar refractivity (Wildman–Crippen MR) is 126 cm³/mol. The molecule has 1 amide bonds. The molecule has 1 N–H and O–H groups in total. The largest absolute Gasteiger partial charge is 0.493 e. The highest BCUT2D eigenvalue weighted by Crippen LogP contribution is 2.48. The van der Waals surface area contributed by atoms with Crippen LogP contribution in [0.4, 0.5) is 5.00 Å². The van der Waals surface area contributed by atoms with Gasteiger partial charge in [0.15, 0.2) is 11.5 Å². The zero-order chi connectivity index (χ0) is 22.7. The van der Waals surface area contributed by atoms with Crippen molar-refractivity contribution >= 4 is 22.2 Å². The SMILES string of the molecule is COc1cc(C(c2c(NC(C)=O)sc3c2CCCC3)N2CCOCC2)cc(OC)c1OC. The summed E-state index contributed by atoms with van der Waals surface area (Å²) >= 11 is 1.73. The second kappa shape index (κ2) is 10.1. The van der Waals surface area contributed by atoms with Gasteiger partial charge in [0, 0.05) is 30.5 Å². The fourth-order valence-corrected chi connectivity index (χ4v) is 6.15. The third kappa shape index (κ3) is 4.44. The van der Waals surface area contributed by atoms with Gasteiger partial charge in [-0.05, 0) is 48.9 Å². The lowest BCUT2D eigenvalue weighted by Gasteiger charge is -2.36. The summed E-state index contributed by atoms with van der Waals surface area (Å²) in [6, 6.07) is 4.02. The number of ether oxygens (including phenoxy) is 4. The van der Waals surface area contributed by atoms with E-state index >= 15 is 0 Å². The number of nitrogens with one attached hydrogen (secondary N) is 1. The number of carbonyl (C=O) groups is 1. The van der Waals surface area contributed by atoms with Gasteiger partial charge in [-0.25, -0.2) is 0 Å². The van der Waals surface area contributed by atoms with Gasteiger partial charge in [-0.3, -0.25) is 9.69 Å². The number of rotatable bonds is 7. The molecule has 1 atom stereocenters. The van der Waals surface area contributed by atoms with Crippen molar-refractivity contribution < 1.29 is 23.7 Å². The van der Waals surface area contributed by atoms with Crippen LogP contribution in [0.15, 0.2) is 12.1 Å². The van der Waals surface area contributed by atoms with Gasteiger partial charge in [-0.2, -0.15) is 0 Å². The monoisotopic (exact) mass is 460 g/mol. The van der Waals surface area contributed by atoms with Gasteiger partial charge in [0.1, 0.15) is 5.00 Å². The Balaban J connectivity index is 1.92. The minimum Gasteiger partial charge on any atom is -0.493 e. The van der Waals surface area contributed by atoms with Crippen LogP contribution in [-0.4, -0.2) is 58.4 Å². The molecule has 1 saturated heterocycles. The summed E-state index contributed by atoms with van der Waals surface area (Å²) in [5, 5.41) is 4.09. The van der Waals surface area contributed by atoms with Crippen LogP contribution < -0.4 is 19.5 Å². The lowest BCUT2D eigenvalue weighted by molar-refractivity contribution is -0.114. The maximum Gasteiger partial charge on any atom is 0.221 e. The van der Waals surface area contributed by atoms with Crippen LogP contribution in [0.1, 0.15) is 47.4 Å². The summed E-state index contributed by atoms with van der Waals surface area (Å²) in [6.07, 6.45) is 4.46. The van der Waals surface area contributed by atoms with E-state index in [9.17, 15) is 4.79 Å². The molecule has 7 nitrogen and oxygen atoms in total. The van der Waals surface area contributed by atoms with E-state index in [-0.39, 0.29) is 11.9 Å². The quantitative estimate of drug-likeness (QED) is 0.673. The standard InChI is InChI=1S/C24H32N2O5S/c1-15(27)25-24-21(17-7-5-6-8-20(17)32-24)22(26-9-11-31-12-10-26)16-13-18(28-2)23(30-4)19(14-16)29-3/h13-14,22H,5-12H2,1-4H3,(H,25,27). The zero-order valence-corrected chi connectivity index (χ0v) is 20.1. The minimum absolute atomic E-state index is 0.0459. The number of thiophene rings is 1. The Morgan fingerprint density at radius 3 is 2.31 bits per heavy atom. The molecule has 0 saturated carbocycles. The number of aryl methyl sites for hydroxylation is 1. The number of hydrogen-bond donors (Lipinski definition) is 1. The lowest BCUT2D eigenvalue weighted by atomic mass is 9.88. The Kier molecular flexibility index (Phi) is 7.23. The first-order valence-electron chi connectivity index (χ1n) is 11.1. The number of hydrogen-bond acceptors (Lipinski definition) is 7. The molecule has 1 aliphatic carbocycles. The predicted octanol–water partition coefficient (Wildman–Crippen LogP) is 4.03. The first-order valence-corrected chi connectivity index (χ1v) is 11.9. The summed E-state index contributed by atoms with van der Waals surface area (Å²) < 4.78 is 22.5. The van der Waals surface area contributed by atoms with Crippen molar-refractivity contribution in [2.45, 2.75) is 38.6 Å². The number of anilines is 1. The van der Waals surface area contributed by atoms with Gasteiger partial charge in [-0.1, -0.05) is 0 Å². The number of carbonyl (C=O) groups excluding carboxylic acids is 1. The van der Waals surface area contributed by atoms with E-state index in [4.69, 9.17) is 18.9 Å². The Morgan fingerprint density at radius 1 is 1.06 bits per heavy atom. The van der Waals surface area contributed by atoms with Gasteiger partial charge >= 0.3 is 0 Å². The van der Waals surface area contributed by atoms with Crippen LogP contribution in [0.3, 0.4) is 0 Å². The first-order chi connectivity index (χ1) is 15.6. The first kappa shape index (κ1) is 22.9. The molecule has 1 aliphatic heterocycles. The number of fused-ring (bicyclic) bond motifs is 1. The highest BCUT2D eigenvalue weighted by Gasteiger charge is 2.34. The van der Waals surface area contributed by atoms with E-state index < -0.39 is 0 Å². The Labute approximate surface area is 193 Å². The molecule has 32 heavy (non-hydrogen) atoms. The molecule has 4 rings (SSSR count). The molecule has 1 unspecified atom stereocenters. The topological polar surface area (TPSA) is 69.3 Å². The molecule has 1 aromatic heterocycles. The Hall–Kier alpha value is -2.29. The van der Waals surface area contributed by atoms with Crippen molar-refractivity contribution in [2.24, 2.45) is 0 Å². The number of benzene rings is 1. The Morgan fingerprint density at radius 2 is 1.72 bits per heavy atom. The molecule has 0 bridgehead atoms. The summed E-state index contributed by atoms with van der Waals surface area (Å²) in [5.74, 6) is 1.79. The average molecular weight is 461 g/mol. The molecule has 1 aromatic carbocycles. The van der Waals surface area contributed by atoms with Crippen LogP contribution in [0.25, 0.3) is 0 Å². The number of amides is 1. The molecule has 2 heterocycles. The van der Waals surface area contributed by atoms with Crippen LogP contribution in [-0.2, 0) is 22.4 Å². The second-order valence-corrected chi connectivity index (χ2v) is 9.25. The molecule has 0 spiro atoms. The summed E-state index contributed by atoms with van der Waals surface area (Å²) in [5.41, 5.74) is 3.64. The van der Waals surface area contributed by atoms with Crippen molar-refractivity contribution in [2.75, 3.05) is 52.9 Å². The van der Waals surface area contributed by atoms with Gasteiger partial charge in [-0.15, -0.1) is 11.3 Å². The van der Waals surface area contributed by atoms with Crippen molar-refractivity contribution in [3.8, 4) is 17.2 Å². The molecule has 2 aliphatic rings. The van der Waals surface area contributed by atoms with Crippen molar-refractivity contribution in [3.63, 3.8) is 0 Å². The van der Waals surface area contributed by atoms with Gasteiger partial charge in [0.25, 0.3) is 0 Å². The third-order valence-corrected chi connectivity index (χ3v) is 7.41. The number of methoxy groups -OCH3 is 3. The molecular weight excluding hydrogens is 428 g/mol. The fourth-order valence-electron chi connectivity index (χ4n) is 4.79. The maximum atomic E-state index is 12.1. The molecule has 1 fully saturated rings. The molecule has 0 radical (unpaired) electrons. The van der Waals surface area contributed by atoms with Crippen molar-refractivity contribution in [1.29, 1.82) is 0 Å². The Bertz CT molecular complexity index is 943. The van der Waals surface area contributed by atoms with Gasteiger partial charge in [0.05, 0.1) is 40.6 Å². The maximum absolute atomic E-state index is 12.1. The van der Waals surface area contributed by atoms with E-state index in [1.807, 2.05) is 12.1 Å². The third-order valence-electron chi connectivity index (χ3n) is 6.19. The van der Waals surface area contributed by atoms with Crippen LogP contribution >= 0.6 is 11.3 Å². The van der Waals surface area contributed by atoms with E-state index in [1.165, 1.54) is 28.8 Å². The van der Waals surface area contributed by atoms with E-state index in [1.54, 1.807) is 39.6 Å². The van der Waals surface area contributed by atoms with Crippen molar-refractivity contribution in [3.05, 3.63) is 33.7 Å². The summed E-state index contributed by atoms with van der Waals surface area (Å²) in [6.45, 7) is 4.56. The minimum atomic E-state index is -0.0486. The van der Waals surface area contributed by atoms with Crippen LogP contribution in [0.2, 0.25) is 0 Å². The summed E-state index contributed by atoms with van der Waals surface area (Å²) in [7, 11) is 4.89. The summed E-state index contributed by atoms with van der Waals surface area (Å²) in [4.78, 5) is 15.9. The number of nitrogens with zero attached hydrogens (tertiary/aromatic N) is 1. The van der Waals surface area contributed by atoms with Crippen LogP contribution in [0.5, 0.6) is 17.2 Å². The molecule has 8 heteroatoms. The highest BCUT2D eigenvalue weighted by molar-refractivity contribution is 7.16. The molecular formula is C24H32N2O5S. The molecule has 2 aromatic rings. The molecule has 174 valence electrons. The smallest absolute Gasteiger partial charge is 0.221 e. The second-order valence-electron chi connectivity index (χ2n) is 8.14. The fraction of sp³-hybridized carbons (Fsp3) is 0.542.